The van der Waals surface area contributed by atoms with Gasteiger partial charge in [0, 0.05) is 50.2 Å². The fourth-order valence-electron chi connectivity index (χ4n) is 2.85. The summed E-state index contributed by atoms with van der Waals surface area (Å²) in [5.41, 5.74) is 0.314. The molecule has 1 fully saturated rings. The number of hydrogen-bond donors (Lipinski definition) is 0. The van der Waals surface area contributed by atoms with Crippen LogP contribution in [0, 0.1) is 17.0 Å². The van der Waals surface area contributed by atoms with Gasteiger partial charge in [-0.3, -0.25) is 14.9 Å². The van der Waals surface area contributed by atoms with E-state index in [9.17, 15) is 19.7 Å². The Kier molecular flexibility index (Phi) is 5.78. The van der Waals surface area contributed by atoms with Gasteiger partial charge in [-0.2, -0.15) is 0 Å². The summed E-state index contributed by atoms with van der Waals surface area (Å²) >= 11 is 0. The Morgan fingerprint density at radius 3 is 2.50 bits per heavy atom. The van der Waals surface area contributed by atoms with E-state index in [1.807, 2.05) is 4.90 Å². The standard InChI is InChI=1S/C18H19N5O5/c1-13-3-4-14(11-15(13)23(26)27)17(25)28-12-16(24)21-7-9-22(10-8-21)18-19-5-2-6-20-18/h2-6,11H,7-10,12H2,1H3. The number of anilines is 1. The average Bonchev–Trinajstić information content (AvgIpc) is 2.72. The molecule has 0 spiro atoms. The molecule has 1 amide bonds. The van der Waals surface area contributed by atoms with E-state index in [0.717, 1.165) is 6.07 Å². The number of hydrogen-bond acceptors (Lipinski definition) is 8. The van der Waals surface area contributed by atoms with Crippen molar-refractivity contribution in [1.29, 1.82) is 0 Å². The molecule has 146 valence electrons. The van der Waals surface area contributed by atoms with E-state index in [4.69, 9.17) is 4.74 Å². The maximum atomic E-state index is 12.3. The molecule has 1 aliphatic heterocycles. The van der Waals surface area contributed by atoms with Crippen molar-refractivity contribution in [2.24, 2.45) is 0 Å². The molecule has 0 N–H and O–H groups in total. The molecule has 0 radical (unpaired) electrons. The van der Waals surface area contributed by atoms with Crippen LogP contribution in [-0.4, -0.2) is 64.5 Å². The first-order valence-electron chi connectivity index (χ1n) is 8.67. The molecule has 1 aromatic carbocycles. The van der Waals surface area contributed by atoms with Crippen molar-refractivity contribution in [2.75, 3.05) is 37.7 Å². The second-order valence-electron chi connectivity index (χ2n) is 6.25. The van der Waals surface area contributed by atoms with E-state index in [2.05, 4.69) is 9.97 Å². The number of nitrogens with zero attached hydrogens (tertiary/aromatic N) is 5. The molecule has 0 unspecified atom stereocenters. The fourth-order valence-corrected chi connectivity index (χ4v) is 2.85. The highest BCUT2D eigenvalue weighted by Crippen LogP contribution is 2.19. The maximum Gasteiger partial charge on any atom is 0.338 e. The molecule has 2 aromatic rings. The Labute approximate surface area is 160 Å². The van der Waals surface area contributed by atoms with Crippen molar-refractivity contribution in [1.82, 2.24) is 14.9 Å². The number of rotatable bonds is 5. The fraction of sp³-hybridized carbons (Fsp3) is 0.333. The van der Waals surface area contributed by atoms with Gasteiger partial charge in [0.15, 0.2) is 6.61 Å². The number of benzene rings is 1. The molecule has 10 nitrogen and oxygen atoms in total. The molecular formula is C18H19N5O5. The second kappa shape index (κ2) is 8.42. The van der Waals surface area contributed by atoms with Crippen LogP contribution in [0.1, 0.15) is 15.9 Å². The van der Waals surface area contributed by atoms with Gasteiger partial charge in [0.25, 0.3) is 11.6 Å². The zero-order valence-corrected chi connectivity index (χ0v) is 15.3. The van der Waals surface area contributed by atoms with E-state index >= 15 is 0 Å². The van der Waals surface area contributed by atoms with Gasteiger partial charge in [0.1, 0.15) is 0 Å². The third-order valence-electron chi connectivity index (χ3n) is 4.44. The van der Waals surface area contributed by atoms with Crippen molar-refractivity contribution in [2.45, 2.75) is 6.92 Å². The number of nitro groups is 1. The minimum atomic E-state index is -0.771. The Hall–Kier alpha value is -3.56. The van der Waals surface area contributed by atoms with Gasteiger partial charge in [-0.25, -0.2) is 14.8 Å². The second-order valence-corrected chi connectivity index (χ2v) is 6.25. The average molecular weight is 385 g/mol. The molecule has 0 aliphatic carbocycles. The van der Waals surface area contributed by atoms with Gasteiger partial charge in [-0.1, -0.05) is 6.07 Å². The van der Waals surface area contributed by atoms with Crippen molar-refractivity contribution >= 4 is 23.5 Å². The van der Waals surface area contributed by atoms with Crippen molar-refractivity contribution in [3.63, 3.8) is 0 Å². The highest BCUT2D eigenvalue weighted by Gasteiger charge is 2.24. The first-order chi connectivity index (χ1) is 13.5. The van der Waals surface area contributed by atoms with E-state index in [-0.39, 0.29) is 17.2 Å². The predicted octanol–water partition coefficient (Wildman–Crippen LogP) is 1.20. The lowest BCUT2D eigenvalue weighted by Crippen LogP contribution is -2.50. The van der Waals surface area contributed by atoms with Crippen molar-refractivity contribution in [3.8, 4) is 0 Å². The Morgan fingerprint density at radius 1 is 1.18 bits per heavy atom. The van der Waals surface area contributed by atoms with Gasteiger partial charge < -0.3 is 14.5 Å². The lowest BCUT2D eigenvalue weighted by molar-refractivity contribution is -0.385. The van der Waals surface area contributed by atoms with Gasteiger partial charge in [0.05, 0.1) is 10.5 Å². The quantitative estimate of drug-likeness (QED) is 0.428. The minimum Gasteiger partial charge on any atom is -0.452 e. The van der Waals surface area contributed by atoms with E-state index < -0.39 is 17.5 Å². The summed E-state index contributed by atoms with van der Waals surface area (Å²) < 4.78 is 5.04. The van der Waals surface area contributed by atoms with Crippen LogP contribution in [0.15, 0.2) is 36.7 Å². The van der Waals surface area contributed by atoms with Crippen molar-refractivity contribution < 1.29 is 19.2 Å². The summed E-state index contributed by atoms with van der Waals surface area (Å²) in [5.74, 6) is -0.474. The van der Waals surface area contributed by atoms with Crippen LogP contribution < -0.4 is 4.90 Å². The summed E-state index contributed by atoms with van der Waals surface area (Å²) in [6, 6.07) is 5.80. The number of ether oxygens (including phenoxy) is 1. The highest BCUT2D eigenvalue weighted by atomic mass is 16.6. The molecule has 28 heavy (non-hydrogen) atoms. The molecule has 0 bridgehead atoms. The number of aromatic nitrogens is 2. The lowest BCUT2D eigenvalue weighted by Gasteiger charge is -2.34. The summed E-state index contributed by atoms with van der Waals surface area (Å²) in [7, 11) is 0. The largest absolute Gasteiger partial charge is 0.452 e. The van der Waals surface area contributed by atoms with Crippen LogP contribution in [0.5, 0.6) is 0 Å². The normalized spacial score (nSPS) is 13.9. The van der Waals surface area contributed by atoms with Crippen LogP contribution in [0.25, 0.3) is 0 Å². The number of esters is 1. The first-order valence-corrected chi connectivity index (χ1v) is 8.67. The molecule has 2 heterocycles. The number of carbonyl (C=O) groups excluding carboxylic acids is 2. The third kappa shape index (κ3) is 4.40. The van der Waals surface area contributed by atoms with E-state index in [0.29, 0.717) is 37.7 Å². The molecule has 10 heteroatoms. The number of carbonyl (C=O) groups is 2. The van der Waals surface area contributed by atoms with Crippen LogP contribution in [0.4, 0.5) is 11.6 Å². The third-order valence-corrected chi connectivity index (χ3v) is 4.44. The Morgan fingerprint density at radius 2 is 1.86 bits per heavy atom. The first kappa shape index (κ1) is 19.2. The number of nitro benzene ring substituents is 1. The number of piperazine rings is 1. The zero-order valence-electron chi connectivity index (χ0n) is 15.3. The minimum absolute atomic E-state index is 0.0381. The maximum absolute atomic E-state index is 12.3. The van der Waals surface area contributed by atoms with E-state index in [1.54, 1.807) is 30.3 Å². The summed E-state index contributed by atoms with van der Waals surface area (Å²) in [4.78, 5) is 46.8. The Balaban J connectivity index is 1.51. The van der Waals surface area contributed by atoms with Crippen LogP contribution >= 0.6 is 0 Å². The van der Waals surface area contributed by atoms with Crippen LogP contribution in [0.2, 0.25) is 0 Å². The van der Waals surface area contributed by atoms with Crippen LogP contribution in [0.3, 0.4) is 0 Å². The molecular weight excluding hydrogens is 366 g/mol. The van der Waals surface area contributed by atoms with Crippen molar-refractivity contribution in [3.05, 3.63) is 57.9 Å². The topological polar surface area (TPSA) is 119 Å². The summed E-state index contributed by atoms with van der Waals surface area (Å²) in [6.07, 6.45) is 3.32. The molecule has 3 rings (SSSR count). The molecule has 1 aromatic heterocycles. The SMILES string of the molecule is Cc1ccc(C(=O)OCC(=O)N2CCN(c3ncccn3)CC2)cc1[N+](=O)[O-]. The molecule has 0 saturated carbocycles. The molecule has 0 atom stereocenters. The summed E-state index contributed by atoms with van der Waals surface area (Å²) in [6.45, 7) is 3.25. The van der Waals surface area contributed by atoms with Gasteiger partial charge >= 0.3 is 5.97 Å². The monoisotopic (exact) mass is 385 g/mol. The zero-order chi connectivity index (χ0) is 20.1. The predicted molar refractivity (Wildman–Crippen MR) is 98.9 cm³/mol. The van der Waals surface area contributed by atoms with E-state index in [1.165, 1.54) is 12.1 Å². The smallest absolute Gasteiger partial charge is 0.338 e. The number of aryl methyl sites for hydroxylation is 1. The molecule has 1 aliphatic rings. The number of amides is 1. The summed E-state index contributed by atoms with van der Waals surface area (Å²) in [5, 5.41) is 11.0. The van der Waals surface area contributed by atoms with Gasteiger partial charge in [-0.05, 0) is 19.1 Å². The highest BCUT2D eigenvalue weighted by molar-refractivity contribution is 5.92. The molecule has 1 saturated heterocycles. The van der Waals surface area contributed by atoms with Gasteiger partial charge in [-0.15, -0.1) is 0 Å². The Bertz CT molecular complexity index is 881. The lowest BCUT2D eigenvalue weighted by atomic mass is 10.1. The van der Waals surface area contributed by atoms with Crippen LogP contribution in [-0.2, 0) is 9.53 Å². The van der Waals surface area contributed by atoms with Gasteiger partial charge in [0.2, 0.25) is 5.95 Å².